The monoisotopic (exact) mass is 545 g/mol. The Morgan fingerprint density at radius 1 is 1.26 bits per heavy atom. The van der Waals surface area contributed by atoms with E-state index in [9.17, 15) is 28.9 Å². The molecule has 3 unspecified atom stereocenters. The molecule has 2 rings (SSSR count). The first-order valence-corrected chi connectivity index (χ1v) is 14.1. The van der Waals surface area contributed by atoms with Gasteiger partial charge in [0, 0.05) is 13.3 Å². The van der Waals surface area contributed by atoms with Crippen LogP contribution in [-0.2, 0) is 9.53 Å². The molecule has 0 spiro atoms. The molecule has 0 aliphatic carbocycles. The minimum Gasteiger partial charge on any atom is -0.390 e. The minimum absolute atomic E-state index is 0.148. The maximum absolute atomic E-state index is 13.1. The number of ether oxygens (including phenoxy) is 1. The Bertz CT molecular complexity index is 649. The van der Waals surface area contributed by atoms with Crippen molar-refractivity contribution in [1.82, 2.24) is 16.0 Å². The summed E-state index contributed by atoms with van der Waals surface area (Å²) in [6.45, 7) is 3.45. The summed E-state index contributed by atoms with van der Waals surface area (Å²) in [5.41, 5.74) is -0.466. The number of amides is 1. The van der Waals surface area contributed by atoms with Crippen molar-refractivity contribution >= 4 is 29.3 Å². The first-order valence-electron chi connectivity index (χ1n) is 12.4. The highest BCUT2D eigenvalue weighted by molar-refractivity contribution is 7.99. The molecule has 9 atom stereocenters. The normalized spacial score (nSPS) is 34.5. The Kier molecular flexibility index (Phi) is 12.9. The largest absolute Gasteiger partial charge is 0.390 e. The van der Waals surface area contributed by atoms with Crippen molar-refractivity contribution in [3.63, 3.8) is 0 Å². The smallest absolute Gasteiger partial charge is 0.257 e. The topological polar surface area (TPSA) is 123 Å². The van der Waals surface area contributed by atoms with Crippen molar-refractivity contribution in [3.05, 3.63) is 0 Å². The Morgan fingerprint density at radius 3 is 2.60 bits per heavy atom. The summed E-state index contributed by atoms with van der Waals surface area (Å²) in [6, 6.07) is -1.22. The number of aliphatic hydroxyl groups is 3. The molecule has 2 saturated heterocycles. The zero-order valence-corrected chi connectivity index (χ0v) is 22.3. The summed E-state index contributed by atoms with van der Waals surface area (Å²) in [4.78, 5) is 13.1. The van der Waals surface area contributed by atoms with Crippen LogP contribution in [0.1, 0.15) is 52.4 Å². The number of carbonyl (C=O) groups excluding carboxylic acids is 1. The molecular formula is C23H42ClF2N3O5S. The number of carbonyl (C=O) groups is 1. The lowest BCUT2D eigenvalue weighted by Crippen LogP contribution is -2.59. The highest BCUT2D eigenvalue weighted by atomic mass is 35.5. The van der Waals surface area contributed by atoms with Crippen LogP contribution in [0, 0.1) is 5.92 Å². The second-order valence-electron chi connectivity index (χ2n) is 9.89. The number of thioether (sulfide) groups is 1. The number of hydrogen-bond donors (Lipinski definition) is 6. The Labute approximate surface area is 216 Å². The molecule has 0 aromatic carbocycles. The van der Waals surface area contributed by atoms with Crippen molar-refractivity contribution < 1.29 is 33.6 Å². The van der Waals surface area contributed by atoms with Crippen LogP contribution in [0.2, 0.25) is 0 Å². The quantitative estimate of drug-likeness (QED) is 0.170. The molecule has 0 saturated carbocycles. The van der Waals surface area contributed by atoms with Crippen LogP contribution in [0.25, 0.3) is 0 Å². The predicted molar refractivity (Wildman–Crippen MR) is 134 cm³/mol. The van der Waals surface area contributed by atoms with Gasteiger partial charge in [-0.3, -0.25) is 4.79 Å². The van der Waals surface area contributed by atoms with Crippen LogP contribution < -0.4 is 16.0 Å². The summed E-state index contributed by atoms with van der Waals surface area (Å²) < 4.78 is 31.7. The van der Waals surface area contributed by atoms with E-state index in [0.29, 0.717) is 25.4 Å². The second kappa shape index (κ2) is 14.6. The molecule has 0 aromatic rings. The summed E-state index contributed by atoms with van der Waals surface area (Å²) in [6.07, 6.45) is 1.02. The van der Waals surface area contributed by atoms with Gasteiger partial charge >= 0.3 is 0 Å². The predicted octanol–water partition coefficient (Wildman–Crippen LogP) is 1.44. The van der Waals surface area contributed by atoms with Crippen molar-refractivity contribution in [1.29, 1.82) is 0 Å². The summed E-state index contributed by atoms with van der Waals surface area (Å²) >= 11 is 7.74. The van der Waals surface area contributed by atoms with E-state index in [4.69, 9.17) is 16.3 Å². The van der Waals surface area contributed by atoms with Gasteiger partial charge in [0.05, 0.1) is 30.1 Å². The summed E-state index contributed by atoms with van der Waals surface area (Å²) in [5, 5.41) is 39.5. The van der Waals surface area contributed by atoms with Gasteiger partial charge in [-0.05, 0) is 64.3 Å². The zero-order chi connectivity index (χ0) is 26.2. The highest BCUT2D eigenvalue weighted by Gasteiger charge is 2.44. The summed E-state index contributed by atoms with van der Waals surface area (Å²) in [7, 11) is 0. The molecule has 2 aliphatic heterocycles. The van der Waals surface area contributed by atoms with Crippen LogP contribution in [-0.4, -0.2) is 100 Å². The average molecular weight is 546 g/mol. The maximum Gasteiger partial charge on any atom is 0.257 e. The number of nitrogens with one attached hydrogen (secondary N) is 3. The molecule has 2 heterocycles. The third kappa shape index (κ3) is 10.2. The maximum atomic E-state index is 13.1. The van der Waals surface area contributed by atoms with Crippen molar-refractivity contribution in [2.45, 2.75) is 106 Å². The number of aliphatic hydroxyl groups excluding tert-OH is 3. The molecule has 0 aromatic heterocycles. The lowest BCUT2D eigenvalue weighted by atomic mass is 9.93. The molecule has 0 bridgehead atoms. The summed E-state index contributed by atoms with van der Waals surface area (Å²) in [5.74, 6) is -2.57. The van der Waals surface area contributed by atoms with E-state index in [-0.39, 0.29) is 18.9 Å². The van der Waals surface area contributed by atoms with Crippen LogP contribution in [0.3, 0.4) is 0 Å². The van der Waals surface area contributed by atoms with Crippen molar-refractivity contribution in [2.24, 2.45) is 5.92 Å². The van der Waals surface area contributed by atoms with Gasteiger partial charge in [0.15, 0.2) is 0 Å². The third-order valence-corrected chi connectivity index (χ3v) is 7.87. The molecular weight excluding hydrogens is 504 g/mol. The SMILES string of the molecule is CSC1C[C@H](O)C(O)C(O)[C@@H]([C@H](NC(=O)[C@@H]2CC[C@H](CCCNCC(C)(F)F)CCN2)[C@H](C)Cl)O1. The highest BCUT2D eigenvalue weighted by Crippen LogP contribution is 2.29. The number of halogens is 3. The van der Waals surface area contributed by atoms with Gasteiger partial charge in [-0.25, -0.2) is 8.78 Å². The van der Waals surface area contributed by atoms with Gasteiger partial charge in [0.1, 0.15) is 23.7 Å². The molecule has 2 fully saturated rings. The minimum atomic E-state index is -2.71. The molecule has 1 amide bonds. The van der Waals surface area contributed by atoms with Crippen molar-refractivity contribution in [2.75, 3.05) is 25.9 Å². The molecule has 12 heteroatoms. The van der Waals surface area contributed by atoms with Crippen LogP contribution >= 0.6 is 23.4 Å². The third-order valence-electron chi connectivity index (χ3n) is 6.77. The fourth-order valence-electron chi connectivity index (χ4n) is 4.69. The molecule has 6 N–H and O–H groups in total. The average Bonchev–Trinajstić information content (AvgIpc) is 3.08. The van der Waals surface area contributed by atoms with Crippen LogP contribution in [0.15, 0.2) is 0 Å². The van der Waals surface area contributed by atoms with Gasteiger partial charge < -0.3 is 36.0 Å². The van der Waals surface area contributed by atoms with E-state index in [1.807, 2.05) is 0 Å². The molecule has 35 heavy (non-hydrogen) atoms. The van der Waals surface area contributed by atoms with E-state index in [0.717, 1.165) is 32.6 Å². The molecule has 8 nitrogen and oxygen atoms in total. The first-order chi connectivity index (χ1) is 16.4. The van der Waals surface area contributed by atoms with Crippen LogP contribution in [0.4, 0.5) is 8.78 Å². The second-order valence-corrected chi connectivity index (χ2v) is 11.6. The number of hydrogen-bond acceptors (Lipinski definition) is 8. The molecule has 206 valence electrons. The lowest BCUT2D eigenvalue weighted by Gasteiger charge is -2.35. The van der Waals surface area contributed by atoms with Gasteiger partial charge in [0.2, 0.25) is 5.91 Å². The van der Waals surface area contributed by atoms with Gasteiger partial charge in [-0.1, -0.05) is 0 Å². The fourth-order valence-corrected chi connectivity index (χ4v) is 5.52. The number of rotatable bonds is 11. The van der Waals surface area contributed by atoms with E-state index in [1.54, 1.807) is 13.2 Å². The zero-order valence-electron chi connectivity index (χ0n) is 20.8. The van der Waals surface area contributed by atoms with Crippen LogP contribution in [0.5, 0.6) is 0 Å². The van der Waals surface area contributed by atoms with Crippen molar-refractivity contribution in [3.8, 4) is 0 Å². The standard InChI is InChI=1S/C23H42ClF2N3O5S/c1-13(24)18(21-20(32)19(31)16(30)11-17(34-21)35-3)29-22(33)15-7-6-14(8-10-28-15)5-4-9-27-12-23(2,25)26/h13-21,27-28,30-32H,4-12H2,1-3H3,(H,29,33)/t13-,14-,15-,16-,17?,18+,19?,20?,21+/m0/s1. The van der Waals surface area contributed by atoms with Gasteiger partial charge in [0.25, 0.3) is 5.92 Å². The number of alkyl halides is 3. The Balaban J connectivity index is 1.91. The Morgan fingerprint density at radius 2 is 1.97 bits per heavy atom. The van der Waals surface area contributed by atoms with Gasteiger partial charge in [-0.2, -0.15) is 0 Å². The lowest BCUT2D eigenvalue weighted by molar-refractivity contribution is -0.130. The molecule has 0 radical (unpaired) electrons. The van der Waals surface area contributed by atoms with Gasteiger partial charge in [-0.15, -0.1) is 23.4 Å². The van der Waals surface area contributed by atoms with E-state index in [1.165, 1.54) is 11.8 Å². The molecule has 2 aliphatic rings. The first kappa shape index (κ1) is 31.0. The fraction of sp³-hybridized carbons (Fsp3) is 0.957. The van der Waals surface area contributed by atoms with E-state index in [2.05, 4.69) is 16.0 Å². The van der Waals surface area contributed by atoms with E-state index >= 15 is 0 Å². The van der Waals surface area contributed by atoms with E-state index < -0.39 is 53.2 Å². The Hall–Kier alpha value is -0.270.